The normalized spacial score (nSPS) is 11.1. The van der Waals surface area contributed by atoms with Crippen LogP contribution in [0.15, 0.2) is 36.5 Å². The van der Waals surface area contributed by atoms with Gasteiger partial charge in [0.25, 0.3) is 0 Å². The maximum Gasteiger partial charge on any atom is 0.328 e. The van der Waals surface area contributed by atoms with Gasteiger partial charge in [0.15, 0.2) is 0 Å². The highest BCUT2D eigenvalue weighted by Crippen LogP contribution is 2.24. The van der Waals surface area contributed by atoms with Crippen LogP contribution in [0.1, 0.15) is 5.56 Å². The summed E-state index contributed by atoms with van der Waals surface area (Å²) in [7, 11) is 0. The Balaban J connectivity index is 2.54. The van der Waals surface area contributed by atoms with Gasteiger partial charge in [-0.2, -0.15) is 0 Å². The Labute approximate surface area is 97.0 Å². The van der Waals surface area contributed by atoms with Crippen molar-refractivity contribution in [2.75, 3.05) is 0 Å². The molecule has 0 aliphatic carbocycles. The number of nitrogens with zero attached hydrogens (tertiary/aromatic N) is 1. The molecule has 0 saturated carbocycles. The molecule has 16 heavy (non-hydrogen) atoms. The van der Waals surface area contributed by atoms with Gasteiger partial charge in [0.2, 0.25) is 0 Å². The largest absolute Gasteiger partial charge is 0.478 e. The number of aromatic nitrogens is 1. The van der Waals surface area contributed by atoms with E-state index >= 15 is 0 Å². The minimum atomic E-state index is -0.989. The molecule has 0 saturated heterocycles. The first-order valence-electron chi connectivity index (χ1n) is 4.62. The molecule has 2 rings (SSSR count). The van der Waals surface area contributed by atoms with E-state index in [1.54, 1.807) is 24.4 Å². The third-order valence-corrected chi connectivity index (χ3v) is 2.42. The van der Waals surface area contributed by atoms with Crippen LogP contribution in [-0.2, 0) is 4.79 Å². The molecular weight excluding hydrogens is 226 g/mol. The molecule has 1 N–H and O–H groups in total. The molecule has 0 spiro atoms. The Kier molecular flexibility index (Phi) is 2.88. The van der Waals surface area contributed by atoms with Gasteiger partial charge in [-0.1, -0.05) is 11.6 Å². The lowest BCUT2D eigenvalue weighted by Crippen LogP contribution is -1.86. The van der Waals surface area contributed by atoms with Crippen LogP contribution >= 0.6 is 11.6 Å². The lowest BCUT2D eigenvalue weighted by Gasteiger charge is -2.01. The Morgan fingerprint density at radius 2 is 2.25 bits per heavy atom. The van der Waals surface area contributed by atoms with E-state index in [2.05, 4.69) is 4.98 Å². The maximum atomic E-state index is 10.4. The van der Waals surface area contributed by atoms with Gasteiger partial charge >= 0.3 is 5.97 Å². The second-order valence-electron chi connectivity index (χ2n) is 3.24. The minimum absolute atomic E-state index is 0.565. The van der Waals surface area contributed by atoms with E-state index in [0.29, 0.717) is 5.02 Å². The van der Waals surface area contributed by atoms with Gasteiger partial charge in [-0.3, -0.25) is 4.98 Å². The number of carboxylic acids is 1. The third kappa shape index (κ3) is 2.20. The summed E-state index contributed by atoms with van der Waals surface area (Å²) in [5.74, 6) is -0.989. The average Bonchev–Trinajstić information content (AvgIpc) is 2.26. The molecule has 4 heteroatoms. The molecule has 0 amide bonds. The van der Waals surface area contributed by atoms with Gasteiger partial charge in [0.05, 0.1) is 10.5 Å². The van der Waals surface area contributed by atoms with Crippen LogP contribution in [0.25, 0.3) is 17.0 Å². The smallest absolute Gasteiger partial charge is 0.328 e. The van der Waals surface area contributed by atoms with Crippen LogP contribution in [0.3, 0.4) is 0 Å². The Bertz CT molecular complexity index is 578. The Morgan fingerprint density at radius 3 is 3.00 bits per heavy atom. The zero-order valence-electron chi connectivity index (χ0n) is 8.22. The van der Waals surface area contributed by atoms with Crippen molar-refractivity contribution in [3.8, 4) is 0 Å². The third-order valence-electron chi connectivity index (χ3n) is 2.11. The molecule has 0 unspecified atom stereocenters. The second-order valence-corrected chi connectivity index (χ2v) is 3.65. The number of hydrogen-bond donors (Lipinski definition) is 1. The van der Waals surface area contributed by atoms with E-state index in [4.69, 9.17) is 16.7 Å². The number of benzene rings is 1. The molecule has 0 aliphatic heterocycles. The highest BCUT2D eigenvalue weighted by molar-refractivity contribution is 6.35. The van der Waals surface area contributed by atoms with E-state index in [9.17, 15) is 4.79 Å². The predicted octanol–water partition coefficient (Wildman–Crippen LogP) is 2.99. The predicted molar refractivity (Wildman–Crippen MR) is 63.4 cm³/mol. The van der Waals surface area contributed by atoms with Crippen LogP contribution in [-0.4, -0.2) is 16.1 Å². The maximum absolute atomic E-state index is 10.4. The lowest BCUT2D eigenvalue weighted by molar-refractivity contribution is -0.131. The fraction of sp³-hybridized carbons (Fsp3) is 0. The summed E-state index contributed by atoms with van der Waals surface area (Å²) >= 11 is 6.06. The first-order valence-corrected chi connectivity index (χ1v) is 5.00. The van der Waals surface area contributed by atoms with Gasteiger partial charge < -0.3 is 5.11 Å². The standard InChI is InChI=1S/C12H8ClNO2/c13-10-6-8(3-4-12(15)16)7-11-9(10)2-1-5-14-11/h1-7H,(H,15,16)/b4-3+. The monoisotopic (exact) mass is 233 g/mol. The SMILES string of the molecule is O=C(O)/C=C/c1cc(Cl)c2cccnc2c1. The highest BCUT2D eigenvalue weighted by Gasteiger charge is 2.01. The minimum Gasteiger partial charge on any atom is -0.478 e. The molecule has 0 bridgehead atoms. The summed E-state index contributed by atoms with van der Waals surface area (Å²) in [4.78, 5) is 14.5. The van der Waals surface area contributed by atoms with Crippen LogP contribution in [0.4, 0.5) is 0 Å². The number of rotatable bonds is 2. The van der Waals surface area contributed by atoms with Crippen molar-refractivity contribution in [1.82, 2.24) is 4.98 Å². The van der Waals surface area contributed by atoms with Crippen molar-refractivity contribution < 1.29 is 9.90 Å². The molecule has 3 nitrogen and oxygen atoms in total. The molecule has 0 aliphatic rings. The number of pyridine rings is 1. The van der Waals surface area contributed by atoms with Gasteiger partial charge in [-0.05, 0) is 35.9 Å². The van der Waals surface area contributed by atoms with E-state index in [0.717, 1.165) is 22.5 Å². The molecular formula is C12H8ClNO2. The van der Waals surface area contributed by atoms with Gasteiger partial charge in [0.1, 0.15) is 0 Å². The van der Waals surface area contributed by atoms with Crippen molar-refractivity contribution in [3.05, 3.63) is 47.1 Å². The fourth-order valence-corrected chi connectivity index (χ4v) is 1.71. The van der Waals surface area contributed by atoms with Crippen molar-refractivity contribution in [2.24, 2.45) is 0 Å². The zero-order valence-corrected chi connectivity index (χ0v) is 8.98. The Morgan fingerprint density at radius 1 is 1.44 bits per heavy atom. The van der Waals surface area contributed by atoms with Crippen LogP contribution in [0.2, 0.25) is 5.02 Å². The van der Waals surface area contributed by atoms with E-state index < -0.39 is 5.97 Å². The summed E-state index contributed by atoms with van der Waals surface area (Å²) in [6, 6.07) is 7.18. The lowest BCUT2D eigenvalue weighted by atomic mass is 10.1. The fourth-order valence-electron chi connectivity index (χ4n) is 1.42. The number of halogens is 1. The molecule has 0 atom stereocenters. The number of carbonyl (C=O) groups is 1. The molecule has 1 aromatic heterocycles. The summed E-state index contributed by atoms with van der Waals surface area (Å²) in [5.41, 5.74) is 1.47. The van der Waals surface area contributed by atoms with Gasteiger partial charge in [-0.25, -0.2) is 4.79 Å². The molecule has 1 heterocycles. The van der Waals surface area contributed by atoms with Crippen LogP contribution < -0.4 is 0 Å². The van der Waals surface area contributed by atoms with E-state index in [-0.39, 0.29) is 0 Å². The molecule has 2 aromatic rings. The Hall–Kier alpha value is -1.87. The molecule has 0 fully saturated rings. The first kappa shape index (κ1) is 10.6. The topological polar surface area (TPSA) is 50.2 Å². The molecule has 0 radical (unpaired) electrons. The second kappa shape index (κ2) is 4.33. The first-order chi connectivity index (χ1) is 7.66. The molecule has 1 aromatic carbocycles. The van der Waals surface area contributed by atoms with Gasteiger partial charge in [-0.15, -0.1) is 0 Å². The summed E-state index contributed by atoms with van der Waals surface area (Å²) in [6.07, 6.45) is 4.23. The molecule has 80 valence electrons. The van der Waals surface area contributed by atoms with E-state index in [1.165, 1.54) is 6.08 Å². The van der Waals surface area contributed by atoms with Gasteiger partial charge in [0, 0.05) is 17.7 Å². The van der Waals surface area contributed by atoms with Crippen molar-refractivity contribution >= 4 is 34.5 Å². The number of aliphatic carboxylic acids is 1. The number of fused-ring (bicyclic) bond motifs is 1. The summed E-state index contributed by atoms with van der Waals surface area (Å²) in [6.45, 7) is 0. The van der Waals surface area contributed by atoms with Crippen molar-refractivity contribution in [3.63, 3.8) is 0 Å². The number of hydrogen-bond acceptors (Lipinski definition) is 2. The van der Waals surface area contributed by atoms with Crippen LogP contribution in [0, 0.1) is 0 Å². The van der Waals surface area contributed by atoms with E-state index in [1.807, 2.05) is 6.07 Å². The van der Waals surface area contributed by atoms with Crippen molar-refractivity contribution in [1.29, 1.82) is 0 Å². The number of carboxylic acid groups (broad SMARTS) is 1. The summed E-state index contributed by atoms with van der Waals surface area (Å²) in [5, 5.41) is 9.95. The highest BCUT2D eigenvalue weighted by atomic mass is 35.5. The average molecular weight is 234 g/mol. The van der Waals surface area contributed by atoms with Crippen molar-refractivity contribution in [2.45, 2.75) is 0 Å². The quantitative estimate of drug-likeness (QED) is 0.812. The zero-order chi connectivity index (χ0) is 11.5. The summed E-state index contributed by atoms with van der Waals surface area (Å²) < 4.78 is 0. The van der Waals surface area contributed by atoms with Crippen LogP contribution in [0.5, 0.6) is 0 Å².